The molecule has 2 amide bonds. The van der Waals surface area contributed by atoms with Crippen molar-refractivity contribution in [2.45, 2.75) is 48.8 Å². The average molecular weight is 401 g/mol. The van der Waals surface area contributed by atoms with E-state index in [4.69, 9.17) is 0 Å². The van der Waals surface area contributed by atoms with Gasteiger partial charge in [-0.1, -0.05) is 18.6 Å². The van der Waals surface area contributed by atoms with Crippen LogP contribution >= 0.6 is 23.1 Å². The highest BCUT2D eigenvalue weighted by molar-refractivity contribution is 7.98. The Balaban J connectivity index is 1.42. The van der Waals surface area contributed by atoms with Crippen molar-refractivity contribution >= 4 is 40.6 Å². The molecule has 142 valence electrons. The first-order valence-corrected chi connectivity index (χ1v) is 11.5. The molecular weight excluding hydrogens is 376 g/mol. The minimum absolute atomic E-state index is 0.264. The number of hydrogen-bond acceptors (Lipinski definition) is 4. The molecule has 0 bridgehead atoms. The zero-order valence-electron chi connectivity index (χ0n) is 15.2. The Morgan fingerprint density at radius 2 is 2.00 bits per heavy atom. The molecule has 1 aliphatic heterocycles. The lowest BCUT2D eigenvalue weighted by Gasteiger charge is -2.37. The Bertz CT molecular complexity index is 806. The number of nitrogens with zero attached hydrogens (tertiary/aromatic N) is 1. The van der Waals surface area contributed by atoms with Crippen LogP contribution in [0.15, 0.2) is 46.0 Å². The second-order valence-electron chi connectivity index (χ2n) is 7.27. The van der Waals surface area contributed by atoms with E-state index >= 15 is 0 Å². The summed E-state index contributed by atoms with van der Waals surface area (Å²) in [4.78, 5) is 28.3. The molecule has 4 nitrogen and oxygen atoms in total. The maximum atomic E-state index is 12.8. The predicted octanol–water partition coefficient (Wildman–Crippen LogP) is 4.77. The van der Waals surface area contributed by atoms with Crippen molar-refractivity contribution in [2.24, 2.45) is 5.92 Å². The third kappa shape index (κ3) is 4.22. The van der Waals surface area contributed by atoms with Crippen LogP contribution in [0.3, 0.4) is 0 Å². The maximum absolute atomic E-state index is 12.8. The lowest BCUT2D eigenvalue weighted by Crippen LogP contribution is -2.50. The summed E-state index contributed by atoms with van der Waals surface area (Å²) in [5.41, 5.74) is 1.99. The largest absolute Gasteiger partial charge is 0.331 e. The zero-order valence-corrected chi connectivity index (χ0v) is 16.9. The molecule has 2 heterocycles. The van der Waals surface area contributed by atoms with E-state index in [9.17, 15) is 9.59 Å². The van der Waals surface area contributed by atoms with Gasteiger partial charge in [0, 0.05) is 23.2 Å². The molecule has 6 heteroatoms. The fourth-order valence-electron chi connectivity index (χ4n) is 4.24. The van der Waals surface area contributed by atoms with Gasteiger partial charge in [0.25, 0.3) is 0 Å². The van der Waals surface area contributed by atoms with Gasteiger partial charge in [0.1, 0.15) is 0 Å². The smallest absolute Gasteiger partial charge is 0.313 e. The number of fused-ring (bicyclic) bond motifs is 1. The van der Waals surface area contributed by atoms with E-state index in [0.717, 1.165) is 29.2 Å². The predicted molar refractivity (Wildman–Crippen MR) is 111 cm³/mol. The van der Waals surface area contributed by atoms with Crippen LogP contribution in [0.25, 0.3) is 0 Å². The number of anilines is 1. The van der Waals surface area contributed by atoms with Crippen LogP contribution < -0.4 is 5.32 Å². The fraction of sp³-hybridized carbons (Fsp3) is 0.429. The number of likely N-dealkylation sites (tertiary alicyclic amines) is 1. The van der Waals surface area contributed by atoms with Gasteiger partial charge >= 0.3 is 11.8 Å². The lowest BCUT2D eigenvalue weighted by molar-refractivity contribution is -0.146. The van der Waals surface area contributed by atoms with Gasteiger partial charge in [0.05, 0.1) is 5.69 Å². The molecule has 1 aromatic carbocycles. The van der Waals surface area contributed by atoms with Crippen molar-refractivity contribution in [1.29, 1.82) is 0 Å². The summed E-state index contributed by atoms with van der Waals surface area (Å²) in [5, 5.41) is 7.07. The van der Waals surface area contributed by atoms with Gasteiger partial charge < -0.3 is 10.2 Å². The number of hydrogen-bond donors (Lipinski definition) is 1. The van der Waals surface area contributed by atoms with E-state index in [1.807, 2.05) is 29.2 Å². The Morgan fingerprint density at radius 1 is 1.15 bits per heavy atom. The number of para-hydroxylation sites is 1. The molecule has 27 heavy (non-hydrogen) atoms. The molecule has 0 spiro atoms. The lowest BCUT2D eigenvalue weighted by atomic mass is 9.92. The van der Waals surface area contributed by atoms with Crippen molar-refractivity contribution in [3.8, 4) is 0 Å². The summed E-state index contributed by atoms with van der Waals surface area (Å²) >= 11 is 3.36. The number of benzene rings is 1. The van der Waals surface area contributed by atoms with Gasteiger partial charge in [-0.15, -0.1) is 11.8 Å². The standard InChI is InChI=1S/C21H24N2O2S2/c24-20(21(25)23-11-4-6-16-5-3-8-18(16)23)22-17-7-1-2-9-19(17)27-14-15-10-12-26-13-15/h1-2,7,9-10,12-13,16,18H,3-6,8,11,14H2,(H,22,24)/t16-,18+/m1/s1. The van der Waals surface area contributed by atoms with Crippen LogP contribution in [0.4, 0.5) is 5.69 Å². The molecule has 2 atom stereocenters. The number of carbonyl (C=O) groups excluding carboxylic acids is 2. The van der Waals surface area contributed by atoms with Gasteiger partial charge in [-0.3, -0.25) is 9.59 Å². The normalized spacial score (nSPS) is 21.7. The molecule has 0 radical (unpaired) electrons. The number of thioether (sulfide) groups is 1. The van der Waals surface area contributed by atoms with Crippen LogP contribution in [-0.2, 0) is 15.3 Å². The molecule has 4 rings (SSSR count). The molecule has 1 saturated heterocycles. The van der Waals surface area contributed by atoms with Gasteiger partial charge in [0.15, 0.2) is 0 Å². The number of rotatable bonds is 4. The van der Waals surface area contributed by atoms with Crippen molar-refractivity contribution in [1.82, 2.24) is 4.90 Å². The monoisotopic (exact) mass is 400 g/mol. The quantitative estimate of drug-likeness (QED) is 0.594. The summed E-state index contributed by atoms with van der Waals surface area (Å²) in [6.07, 6.45) is 5.60. The highest BCUT2D eigenvalue weighted by Gasteiger charge is 2.39. The first kappa shape index (κ1) is 18.6. The summed E-state index contributed by atoms with van der Waals surface area (Å²) in [6, 6.07) is 10.1. The van der Waals surface area contributed by atoms with Gasteiger partial charge in [0.2, 0.25) is 0 Å². The van der Waals surface area contributed by atoms with Crippen LogP contribution in [0.5, 0.6) is 0 Å². The van der Waals surface area contributed by atoms with Crippen molar-refractivity contribution in [3.63, 3.8) is 0 Å². The third-order valence-electron chi connectivity index (χ3n) is 5.56. The highest BCUT2D eigenvalue weighted by atomic mass is 32.2. The SMILES string of the molecule is O=C(Nc1ccccc1SCc1ccsc1)C(=O)N1CCC[C@H]2CCC[C@@H]21. The van der Waals surface area contributed by atoms with Crippen molar-refractivity contribution in [3.05, 3.63) is 46.7 Å². The first-order chi connectivity index (χ1) is 13.2. The number of thiophene rings is 1. The van der Waals surface area contributed by atoms with E-state index < -0.39 is 5.91 Å². The molecule has 1 N–H and O–H groups in total. The van der Waals surface area contributed by atoms with Crippen LogP contribution in [0, 0.1) is 5.92 Å². The second-order valence-corrected chi connectivity index (χ2v) is 9.07. The molecular formula is C21H24N2O2S2. The summed E-state index contributed by atoms with van der Waals surface area (Å²) < 4.78 is 0. The second kappa shape index (κ2) is 8.48. The first-order valence-electron chi connectivity index (χ1n) is 9.57. The summed E-state index contributed by atoms with van der Waals surface area (Å²) in [5.74, 6) is 0.555. The van der Waals surface area contributed by atoms with Crippen molar-refractivity contribution in [2.75, 3.05) is 11.9 Å². The minimum atomic E-state index is -0.508. The highest BCUT2D eigenvalue weighted by Crippen LogP contribution is 2.37. The Hall–Kier alpha value is -1.79. The third-order valence-corrected chi connectivity index (χ3v) is 7.43. The van der Waals surface area contributed by atoms with Crippen LogP contribution in [-0.4, -0.2) is 29.3 Å². The molecule has 0 unspecified atom stereocenters. The Morgan fingerprint density at radius 3 is 2.85 bits per heavy atom. The Labute approximate surface area is 168 Å². The van der Waals surface area contributed by atoms with E-state index in [1.165, 1.54) is 24.8 Å². The maximum Gasteiger partial charge on any atom is 0.313 e. The molecule has 1 saturated carbocycles. The van der Waals surface area contributed by atoms with Gasteiger partial charge in [-0.2, -0.15) is 11.3 Å². The van der Waals surface area contributed by atoms with Gasteiger partial charge in [-0.05, 0) is 66.1 Å². The number of nitrogens with one attached hydrogen (secondary N) is 1. The average Bonchev–Trinajstić information content (AvgIpc) is 3.38. The molecule has 2 aliphatic rings. The summed E-state index contributed by atoms with van der Waals surface area (Å²) in [7, 11) is 0. The molecule has 1 aromatic heterocycles. The van der Waals surface area contributed by atoms with E-state index in [1.54, 1.807) is 23.1 Å². The van der Waals surface area contributed by atoms with Crippen molar-refractivity contribution < 1.29 is 9.59 Å². The summed E-state index contributed by atoms with van der Waals surface area (Å²) in [6.45, 7) is 0.710. The minimum Gasteiger partial charge on any atom is -0.331 e. The van der Waals surface area contributed by atoms with E-state index in [0.29, 0.717) is 12.5 Å². The van der Waals surface area contributed by atoms with Crippen LogP contribution in [0.1, 0.15) is 37.7 Å². The number of amides is 2. The Kier molecular flexibility index (Phi) is 5.83. The number of piperidine rings is 1. The van der Waals surface area contributed by atoms with E-state index in [2.05, 4.69) is 22.1 Å². The molecule has 2 fully saturated rings. The molecule has 1 aliphatic carbocycles. The van der Waals surface area contributed by atoms with E-state index in [-0.39, 0.29) is 11.9 Å². The zero-order chi connectivity index (χ0) is 18.6. The topological polar surface area (TPSA) is 49.4 Å². The fourth-order valence-corrected chi connectivity index (χ4v) is 5.97. The van der Waals surface area contributed by atoms with Crippen LogP contribution in [0.2, 0.25) is 0 Å². The number of carbonyl (C=O) groups is 2. The van der Waals surface area contributed by atoms with Gasteiger partial charge in [-0.25, -0.2) is 0 Å². The molecule has 2 aromatic rings.